The number of methoxy groups -OCH3 is 1. The van der Waals surface area contributed by atoms with Crippen LogP contribution in [0.25, 0.3) is 16.8 Å². The van der Waals surface area contributed by atoms with Gasteiger partial charge in [-0.05, 0) is 39.0 Å². The Morgan fingerprint density at radius 3 is 2.79 bits per heavy atom. The van der Waals surface area contributed by atoms with Crippen LogP contribution in [0.1, 0.15) is 20.8 Å². The number of pyridine rings is 1. The van der Waals surface area contributed by atoms with E-state index in [-0.39, 0.29) is 6.09 Å². The number of anilines is 1. The van der Waals surface area contributed by atoms with Gasteiger partial charge in [-0.25, -0.2) is 19.3 Å². The maximum Gasteiger partial charge on any atom is 0.410 e. The fourth-order valence-corrected chi connectivity index (χ4v) is 2.70. The number of amides is 1. The monoisotopic (exact) mass is 398 g/mol. The number of nitrogens with zero attached hydrogens (tertiary/aromatic N) is 5. The Bertz CT molecular complexity index is 995. The van der Waals surface area contributed by atoms with E-state index >= 15 is 0 Å². The van der Waals surface area contributed by atoms with Gasteiger partial charge in [0.05, 0.1) is 18.9 Å². The lowest BCUT2D eigenvalue weighted by Gasteiger charge is -2.24. The maximum atomic E-state index is 12.0. The Labute approximate surface area is 169 Å². The van der Waals surface area contributed by atoms with Crippen LogP contribution >= 0.6 is 0 Å². The van der Waals surface area contributed by atoms with E-state index in [2.05, 4.69) is 20.4 Å². The predicted molar refractivity (Wildman–Crippen MR) is 110 cm³/mol. The molecule has 0 aliphatic carbocycles. The number of rotatable bonds is 6. The first kappa shape index (κ1) is 20.4. The van der Waals surface area contributed by atoms with E-state index in [0.717, 1.165) is 11.1 Å². The summed E-state index contributed by atoms with van der Waals surface area (Å²) in [4.78, 5) is 22.5. The van der Waals surface area contributed by atoms with Gasteiger partial charge in [-0.3, -0.25) is 0 Å². The molecule has 0 radical (unpaired) electrons. The number of nitrogens with one attached hydrogen (secondary N) is 1. The minimum Gasteiger partial charge on any atom is -0.481 e. The summed E-state index contributed by atoms with van der Waals surface area (Å²) in [5.41, 5.74) is 1.81. The molecule has 154 valence electrons. The van der Waals surface area contributed by atoms with Gasteiger partial charge in [0.25, 0.3) is 0 Å². The molecule has 0 atom stereocenters. The lowest BCUT2D eigenvalue weighted by Crippen LogP contribution is -2.36. The Kier molecular flexibility index (Phi) is 5.86. The normalized spacial score (nSPS) is 11.3. The second kappa shape index (κ2) is 8.34. The third-order valence-corrected chi connectivity index (χ3v) is 4.08. The van der Waals surface area contributed by atoms with Crippen molar-refractivity contribution in [2.24, 2.45) is 0 Å². The van der Waals surface area contributed by atoms with Crippen LogP contribution in [0.2, 0.25) is 0 Å². The second-order valence-electron chi connectivity index (χ2n) is 7.53. The molecule has 1 N–H and O–H groups in total. The van der Waals surface area contributed by atoms with E-state index in [9.17, 15) is 4.79 Å². The molecule has 9 nitrogen and oxygen atoms in total. The SMILES string of the molecule is COc1ncccc1-c1cnn2ccc(NCCN(C)C(=O)OC(C)(C)C)nc12. The van der Waals surface area contributed by atoms with Gasteiger partial charge in [0.1, 0.15) is 11.4 Å². The minimum atomic E-state index is -0.517. The Balaban J connectivity index is 1.71. The van der Waals surface area contributed by atoms with E-state index in [0.29, 0.717) is 30.4 Å². The van der Waals surface area contributed by atoms with Crippen LogP contribution in [0, 0.1) is 0 Å². The van der Waals surface area contributed by atoms with Crippen LogP contribution in [-0.2, 0) is 4.74 Å². The summed E-state index contributed by atoms with van der Waals surface area (Å²) >= 11 is 0. The van der Waals surface area contributed by atoms with Crippen molar-refractivity contribution in [1.82, 2.24) is 24.5 Å². The lowest BCUT2D eigenvalue weighted by molar-refractivity contribution is 0.0305. The van der Waals surface area contributed by atoms with E-state index < -0.39 is 5.60 Å². The molecule has 3 heterocycles. The first-order valence-corrected chi connectivity index (χ1v) is 9.30. The van der Waals surface area contributed by atoms with Gasteiger partial charge in [-0.1, -0.05) is 0 Å². The standard InChI is InChI=1S/C20H26N6O3/c1-20(2,3)29-19(27)25(4)12-10-21-16-8-11-26-17(24-16)15(13-23-26)14-7-6-9-22-18(14)28-5/h6-9,11,13H,10,12H2,1-5H3,(H,21,24). The van der Waals surface area contributed by atoms with Crippen molar-refractivity contribution in [3.63, 3.8) is 0 Å². The van der Waals surface area contributed by atoms with Crippen molar-refractivity contribution in [3.05, 3.63) is 36.8 Å². The Morgan fingerprint density at radius 1 is 1.28 bits per heavy atom. The maximum absolute atomic E-state index is 12.0. The highest BCUT2D eigenvalue weighted by atomic mass is 16.6. The molecule has 0 unspecified atom stereocenters. The van der Waals surface area contributed by atoms with Crippen molar-refractivity contribution in [2.75, 3.05) is 32.6 Å². The van der Waals surface area contributed by atoms with Gasteiger partial charge < -0.3 is 19.7 Å². The van der Waals surface area contributed by atoms with Gasteiger partial charge in [0, 0.05) is 38.1 Å². The van der Waals surface area contributed by atoms with E-state index in [1.165, 1.54) is 4.90 Å². The number of hydrogen-bond donors (Lipinski definition) is 1. The van der Waals surface area contributed by atoms with Gasteiger partial charge >= 0.3 is 6.09 Å². The van der Waals surface area contributed by atoms with Gasteiger partial charge in [-0.15, -0.1) is 0 Å². The number of aromatic nitrogens is 4. The highest BCUT2D eigenvalue weighted by Crippen LogP contribution is 2.30. The van der Waals surface area contributed by atoms with Gasteiger partial charge in [0.2, 0.25) is 5.88 Å². The molecule has 0 bridgehead atoms. The molecule has 0 saturated carbocycles. The van der Waals surface area contributed by atoms with Crippen molar-refractivity contribution < 1.29 is 14.3 Å². The zero-order valence-corrected chi connectivity index (χ0v) is 17.3. The smallest absolute Gasteiger partial charge is 0.410 e. The minimum absolute atomic E-state index is 0.357. The summed E-state index contributed by atoms with van der Waals surface area (Å²) in [5, 5.41) is 7.58. The molecule has 1 amide bonds. The summed E-state index contributed by atoms with van der Waals surface area (Å²) in [6.07, 6.45) is 4.89. The molecular weight excluding hydrogens is 372 g/mol. The summed E-state index contributed by atoms with van der Waals surface area (Å²) in [6.45, 7) is 6.53. The predicted octanol–water partition coefficient (Wildman–Crippen LogP) is 3.08. The highest BCUT2D eigenvalue weighted by Gasteiger charge is 2.19. The Hall–Kier alpha value is -3.36. The zero-order chi connectivity index (χ0) is 21.0. The fourth-order valence-electron chi connectivity index (χ4n) is 2.70. The average molecular weight is 398 g/mol. The molecule has 3 aromatic rings. The molecule has 0 aromatic carbocycles. The number of fused-ring (bicyclic) bond motifs is 1. The van der Waals surface area contributed by atoms with Crippen molar-refractivity contribution in [3.8, 4) is 17.0 Å². The van der Waals surface area contributed by atoms with Crippen LogP contribution in [-0.4, -0.2) is 63.4 Å². The molecule has 0 aliphatic heterocycles. The summed E-state index contributed by atoms with van der Waals surface area (Å²) in [6, 6.07) is 5.59. The largest absolute Gasteiger partial charge is 0.481 e. The summed E-state index contributed by atoms with van der Waals surface area (Å²) in [7, 11) is 3.29. The lowest BCUT2D eigenvalue weighted by atomic mass is 10.1. The molecular formula is C20H26N6O3. The van der Waals surface area contributed by atoms with Crippen LogP contribution in [0.15, 0.2) is 36.8 Å². The van der Waals surface area contributed by atoms with E-state index in [1.807, 2.05) is 45.2 Å². The third-order valence-electron chi connectivity index (χ3n) is 4.08. The molecule has 0 aliphatic rings. The second-order valence-corrected chi connectivity index (χ2v) is 7.53. The first-order valence-electron chi connectivity index (χ1n) is 9.30. The number of carbonyl (C=O) groups excluding carboxylic acids is 1. The molecule has 29 heavy (non-hydrogen) atoms. The van der Waals surface area contributed by atoms with Crippen LogP contribution in [0.5, 0.6) is 5.88 Å². The van der Waals surface area contributed by atoms with Crippen LogP contribution < -0.4 is 10.1 Å². The zero-order valence-electron chi connectivity index (χ0n) is 17.3. The quantitative estimate of drug-likeness (QED) is 0.682. The Morgan fingerprint density at radius 2 is 2.07 bits per heavy atom. The molecule has 9 heteroatoms. The van der Waals surface area contributed by atoms with E-state index in [4.69, 9.17) is 9.47 Å². The first-order chi connectivity index (χ1) is 13.8. The van der Waals surface area contributed by atoms with Crippen LogP contribution in [0.4, 0.5) is 10.6 Å². The molecule has 3 aromatic heterocycles. The fraction of sp³-hybridized carbons (Fsp3) is 0.400. The number of likely N-dealkylation sites (N-methyl/N-ethyl adjacent to an activating group) is 1. The average Bonchev–Trinajstić information content (AvgIpc) is 3.09. The van der Waals surface area contributed by atoms with Crippen molar-refractivity contribution in [2.45, 2.75) is 26.4 Å². The van der Waals surface area contributed by atoms with Crippen LogP contribution in [0.3, 0.4) is 0 Å². The molecule has 0 spiro atoms. The third kappa shape index (κ3) is 4.92. The van der Waals surface area contributed by atoms with Crippen molar-refractivity contribution >= 4 is 17.6 Å². The van der Waals surface area contributed by atoms with Gasteiger partial charge in [0.15, 0.2) is 5.65 Å². The van der Waals surface area contributed by atoms with Crippen molar-refractivity contribution in [1.29, 1.82) is 0 Å². The molecule has 0 saturated heterocycles. The highest BCUT2D eigenvalue weighted by molar-refractivity contribution is 5.80. The molecule has 3 rings (SSSR count). The van der Waals surface area contributed by atoms with Gasteiger partial charge in [-0.2, -0.15) is 5.10 Å². The topological polar surface area (TPSA) is 93.9 Å². The number of carbonyl (C=O) groups is 1. The van der Waals surface area contributed by atoms with E-state index in [1.54, 1.807) is 31.1 Å². The summed E-state index contributed by atoms with van der Waals surface area (Å²) in [5.74, 6) is 1.20. The summed E-state index contributed by atoms with van der Waals surface area (Å²) < 4.78 is 12.4. The molecule has 0 fully saturated rings. The number of hydrogen-bond acceptors (Lipinski definition) is 7. The number of ether oxygens (including phenoxy) is 2.